The number of nitrogens with one attached hydrogen (secondary N) is 1. The van der Waals surface area contributed by atoms with Gasteiger partial charge in [0.2, 0.25) is 0 Å². The average molecular weight is 229 g/mol. The van der Waals surface area contributed by atoms with Gasteiger partial charge in [0.15, 0.2) is 0 Å². The van der Waals surface area contributed by atoms with Crippen molar-refractivity contribution < 1.29 is 9.84 Å². The molecule has 1 aliphatic rings. The van der Waals surface area contributed by atoms with Crippen molar-refractivity contribution in [2.75, 3.05) is 19.8 Å². The van der Waals surface area contributed by atoms with Crippen molar-refractivity contribution in [3.8, 4) is 0 Å². The van der Waals surface area contributed by atoms with Crippen LogP contribution in [0, 0.1) is 5.92 Å². The molecule has 0 aliphatic heterocycles. The van der Waals surface area contributed by atoms with Crippen LogP contribution in [0.3, 0.4) is 0 Å². The standard InChI is InChI=1S/C13H27NO2/c1-3-4-5-6-7-16-10-12(15)9-14-13-8-11(13)2/h11-15H,3-10H2,1-2H3. The van der Waals surface area contributed by atoms with E-state index in [2.05, 4.69) is 19.2 Å². The van der Waals surface area contributed by atoms with Crippen molar-refractivity contribution >= 4 is 0 Å². The molecule has 1 rings (SSSR count). The first-order valence-corrected chi connectivity index (χ1v) is 6.73. The average Bonchev–Trinajstić information content (AvgIpc) is 2.97. The maximum Gasteiger partial charge on any atom is 0.0897 e. The lowest BCUT2D eigenvalue weighted by Crippen LogP contribution is -2.32. The van der Waals surface area contributed by atoms with Gasteiger partial charge in [0.25, 0.3) is 0 Å². The summed E-state index contributed by atoms with van der Waals surface area (Å²) >= 11 is 0. The smallest absolute Gasteiger partial charge is 0.0897 e. The van der Waals surface area contributed by atoms with E-state index in [1.54, 1.807) is 0 Å². The van der Waals surface area contributed by atoms with Crippen LogP contribution in [0.1, 0.15) is 46.0 Å². The Morgan fingerprint density at radius 2 is 2.12 bits per heavy atom. The summed E-state index contributed by atoms with van der Waals surface area (Å²) in [6, 6.07) is 0.638. The molecule has 16 heavy (non-hydrogen) atoms. The highest BCUT2D eigenvalue weighted by atomic mass is 16.5. The zero-order chi connectivity index (χ0) is 11.8. The molecule has 3 heteroatoms. The number of hydrogen-bond acceptors (Lipinski definition) is 3. The Balaban J connectivity index is 1.80. The topological polar surface area (TPSA) is 41.5 Å². The zero-order valence-electron chi connectivity index (χ0n) is 10.7. The molecule has 3 unspecified atom stereocenters. The van der Waals surface area contributed by atoms with Crippen LogP contribution in [0.25, 0.3) is 0 Å². The van der Waals surface area contributed by atoms with Gasteiger partial charge in [0.05, 0.1) is 12.7 Å². The maximum atomic E-state index is 9.63. The lowest BCUT2D eigenvalue weighted by Gasteiger charge is -2.12. The number of ether oxygens (including phenoxy) is 1. The van der Waals surface area contributed by atoms with E-state index in [1.807, 2.05) is 0 Å². The first-order valence-electron chi connectivity index (χ1n) is 6.73. The fourth-order valence-corrected chi connectivity index (χ4v) is 1.80. The second-order valence-electron chi connectivity index (χ2n) is 5.02. The molecule has 0 amide bonds. The van der Waals surface area contributed by atoms with Gasteiger partial charge in [-0.15, -0.1) is 0 Å². The molecule has 1 aliphatic carbocycles. The minimum Gasteiger partial charge on any atom is -0.389 e. The zero-order valence-corrected chi connectivity index (χ0v) is 10.7. The summed E-state index contributed by atoms with van der Waals surface area (Å²) in [7, 11) is 0. The van der Waals surface area contributed by atoms with Crippen LogP contribution in [0.15, 0.2) is 0 Å². The van der Waals surface area contributed by atoms with E-state index < -0.39 is 0 Å². The normalized spacial score (nSPS) is 25.7. The van der Waals surface area contributed by atoms with Crippen LogP contribution in [0.2, 0.25) is 0 Å². The second kappa shape index (κ2) is 8.04. The first-order chi connectivity index (χ1) is 7.74. The molecule has 3 atom stereocenters. The number of unbranched alkanes of at least 4 members (excludes halogenated alkanes) is 3. The summed E-state index contributed by atoms with van der Waals surface area (Å²) in [5.74, 6) is 0.794. The summed E-state index contributed by atoms with van der Waals surface area (Å²) < 4.78 is 5.43. The van der Waals surface area contributed by atoms with Gasteiger partial charge in [-0.3, -0.25) is 0 Å². The van der Waals surface area contributed by atoms with Gasteiger partial charge in [0.1, 0.15) is 0 Å². The highest BCUT2D eigenvalue weighted by molar-refractivity contribution is 4.89. The van der Waals surface area contributed by atoms with Gasteiger partial charge in [-0.25, -0.2) is 0 Å². The van der Waals surface area contributed by atoms with E-state index in [4.69, 9.17) is 4.74 Å². The Morgan fingerprint density at radius 1 is 1.38 bits per heavy atom. The monoisotopic (exact) mass is 229 g/mol. The fraction of sp³-hybridized carbons (Fsp3) is 1.00. The van der Waals surface area contributed by atoms with E-state index >= 15 is 0 Å². The van der Waals surface area contributed by atoms with E-state index in [9.17, 15) is 5.11 Å². The summed E-state index contributed by atoms with van der Waals surface area (Å²) in [4.78, 5) is 0. The third-order valence-corrected chi connectivity index (χ3v) is 3.18. The number of aliphatic hydroxyl groups is 1. The summed E-state index contributed by atoms with van der Waals surface area (Å²) in [6.07, 6.45) is 5.81. The van der Waals surface area contributed by atoms with Crippen molar-refractivity contribution in [1.29, 1.82) is 0 Å². The van der Waals surface area contributed by atoms with Crippen LogP contribution in [-0.2, 0) is 4.74 Å². The van der Waals surface area contributed by atoms with E-state index in [0.717, 1.165) is 18.9 Å². The quantitative estimate of drug-likeness (QED) is 0.563. The SMILES string of the molecule is CCCCCCOCC(O)CNC1CC1C. The number of rotatable bonds is 10. The molecule has 0 bridgehead atoms. The van der Waals surface area contributed by atoms with Gasteiger partial charge in [-0.2, -0.15) is 0 Å². The van der Waals surface area contributed by atoms with E-state index in [0.29, 0.717) is 19.2 Å². The molecular weight excluding hydrogens is 202 g/mol. The predicted octanol–water partition coefficient (Wildman–Crippen LogP) is 1.94. The van der Waals surface area contributed by atoms with Gasteiger partial charge in [-0.1, -0.05) is 33.1 Å². The van der Waals surface area contributed by atoms with Crippen molar-refractivity contribution in [2.45, 2.75) is 58.1 Å². The largest absolute Gasteiger partial charge is 0.389 e. The summed E-state index contributed by atoms with van der Waals surface area (Å²) in [6.45, 7) is 6.37. The molecule has 0 aromatic heterocycles. The number of hydrogen-bond donors (Lipinski definition) is 2. The van der Waals surface area contributed by atoms with Crippen molar-refractivity contribution in [1.82, 2.24) is 5.32 Å². The third-order valence-electron chi connectivity index (χ3n) is 3.18. The Kier molecular flexibility index (Phi) is 7.01. The molecule has 2 N–H and O–H groups in total. The molecule has 1 fully saturated rings. The lowest BCUT2D eigenvalue weighted by molar-refractivity contribution is 0.0352. The van der Waals surface area contributed by atoms with Crippen LogP contribution < -0.4 is 5.32 Å². The van der Waals surface area contributed by atoms with Crippen LogP contribution in [-0.4, -0.2) is 37.0 Å². The second-order valence-corrected chi connectivity index (χ2v) is 5.02. The summed E-state index contributed by atoms with van der Waals surface area (Å²) in [5.41, 5.74) is 0. The molecule has 0 spiro atoms. The highest BCUT2D eigenvalue weighted by Crippen LogP contribution is 2.28. The van der Waals surface area contributed by atoms with Crippen molar-refractivity contribution in [2.24, 2.45) is 5.92 Å². The molecule has 0 heterocycles. The highest BCUT2D eigenvalue weighted by Gasteiger charge is 2.32. The van der Waals surface area contributed by atoms with E-state index in [-0.39, 0.29) is 6.10 Å². The van der Waals surface area contributed by atoms with Gasteiger partial charge < -0.3 is 15.2 Å². The minimum absolute atomic E-state index is 0.348. The van der Waals surface area contributed by atoms with Crippen LogP contribution in [0.4, 0.5) is 0 Å². The predicted molar refractivity (Wildman–Crippen MR) is 66.5 cm³/mol. The van der Waals surface area contributed by atoms with Crippen molar-refractivity contribution in [3.63, 3.8) is 0 Å². The molecular formula is C13H27NO2. The van der Waals surface area contributed by atoms with Gasteiger partial charge in [0, 0.05) is 19.2 Å². The Labute approximate surface area is 99.6 Å². The molecule has 0 saturated heterocycles. The fourth-order valence-electron chi connectivity index (χ4n) is 1.80. The van der Waals surface area contributed by atoms with Gasteiger partial charge in [-0.05, 0) is 18.8 Å². The summed E-state index contributed by atoms with van der Waals surface area (Å²) in [5, 5.41) is 13.0. The Morgan fingerprint density at radius 3 is 2.75 bits per heavy atom. The molecule has 3 nitrogen and oxygen atoms in total. The van der Waals surface area contributed by atoms with E-state index in [1.165, 1.54) is 25.7 Å². The van der Waals surface area contributed by atoms with Crippen LogP contribution >= 0.6 is 0 Å². The molecule has 1 saturated carbocycles. The Hall–Kier alpha value is -0.120. The molecule has 0 radical (unpaired) electrons. The van der Waals surface area contributed by atoms with Crippen molar-refractivity contribution in [3.05, 3.63) is 0 Å². The lowest BCUT2D eigenvalue weighted by atomic mass is 10.2. The Bertz CT molecular complexity index is 175. The third kappa shape index (κ3) is 6.46. The molecule has 0 aromatic carbocycles. The number of aliphatic hydroxyl groups excluding tert-OH is 1. The molecule has 96 valence electrons. The maximum absolute atomic E-state index is 9.63. The first kappa shape index (κ1) is 13.9. The minimum atomic E-state index is -0.348. The molecule has 0 aromatic rings. The van der Waals surface area contributed by atoms with Gasteiger partial charge >= 0.3 is 0 Å². The van der Waals surface area contributed by atoms with Crippen LogP contribution in [0.5, 0.6) is 0 Å².